The topological polar surface area (TPSA) is 26.3 Å². The van der Waals surface area contributed by atoms with Crippen molar-refractivity contribution in [2.45, 2.75) is 71.6 Å². The average Bonchev–Trinajstić information content (AvgIpc) is 2.91. The fourth-order valence-electron chi connectivity index (χ4n) is 7.23. The van der Waals surface area contributed by atoms with Gasteiger partial charge in [-0.2, -0.15) is 0 Å². The molecule has 23 heavy (non-hydrogen) atoms. The van der Waals surface area contributed by atoms with Crippen LogP contribution >= 0.6 is 0 Å². The number of ether oxygens (including phenoxy) is 1. The Hall–Kier alpha value is -0.790. The van der Waals surface area contributed by atoms with Crippen LogP contribution in [0.3, 0.4) is 0 Å². The van der Waals surface area contributed by atoms with E-state index in [1.165, 1.54) is 51.4 Å². The van der Waals surface area contributed by atoms with Crippen molar-refractivity contribution in [3.8, 4) is 0 Å². The highest BCUT2D eigenvalue weighted by molar-refractivity contribution is 5.73. The maximum absolute atomic E-state index is 12.3. The molecule has 0 bridgehead atoms. The van der Waals surface area contributed by atoms with E-state index in [1.807, 2.05) is 0 Å². The minimum absolute atomic E-state index is 0.0457. The van der Waals surface area contributed by atoms with Gasteiger partial charge >= 0.3 is 5.97 Å². The van der Waals surface area contributed by atoms with E-state index < -0.39 is 0 Å². The van der Waals surface area contributed by atoms with Crippen molar-refractivity contribution in [2.24, 2.45) is 34.5 Å². The molecule has 2 heteroatoms. The monoisotopic (exact) mass is 316 g/mol. The SMILES string of the molecule is COC(=O)[C@H]1CC[C@H]2[C@@H]3CC=C4CCCC[C@]4(C)[C@H]3CC[C@]12C. The van der Waals surface area contributed by atoms with Crippen LogP contribution in [-0.2, 0) is 9.53 Å². The van der Waals surface area contributed by atoms with E-state index in [4.69, 9.17) is 4.74 Å². The van der Waals surface area contributed by atoms with Crippen LogP contribution in [0.2, 0.25) is 0 Å². The largest absolute Gasteiger partial charge is 0.469 e. The van der Waals surface area contributed by atoms with Crippen LogP contribution in [0.4, 0.5) is 0 Å². The molecule has 4 aliphatic rings. The van der Waals surface area contributed by atoms with E-state index in [9.17, 15) is 4.79 Å². The van der Waals surface area contributed by atoms with Gasteiger partial charge in [-0.05, 0) is 80.0 Å². The maximum atomic E-state index is 12.3. The van der Waals surface area contributed by atoms with Gasteiger partial charge in [0.25, 0.3) is 0 Å². The Morgan fingerprint density at radius 3 is 2.74 bits per heavy atom. The molecule has 4 rings (SSSR count). The van der Waals surface area contributed by atoms with Gasteiger partial charge in [0, 0.05) is 0 Å². The number of hydrogen-bond donors (Lipinski definition) is 0. The third-order valence-electron chi connectivity index (χ3n) is 8.50. The van der Waals surface area contributed by atoms with Crippen molar-refractivity contribution < 1.29 is 9.53 Å². The summed E-state index contributed by atoms with van der Waals surface area (Å²) in [6.07, 6.45) is 14.2. The summed E-state index contributed by atoms with van der Waals surface area (Å²) in [5, 5.41) is 0. The zero-order chi connectivity index (χ0) is 16.2. The van der Waals surface area contributed by atoms with E-state index in [2.05, 4.69) is 19.9 Å². The van der Waals surface area contributed by atoms with Gasteiger partial charge in [0.15, 0.2) is 0 Å². The first-order valence-electron chi connectivity index (χ1n) is 9.78. The van der Waals surface area contributed by atoms with E-state index in [0.717, 1.165) is 24.2 Å². The lowest BCUT2D eigenvalue weighted by Gasteiger charge is -2.57. The normalized spacial score (nSPS) is 48.7. The van der Waals surface area contributed by atoms with Gasteiger partial charge in [0.05, 0.1) is 13.0 Å². The highest BCUT2D eigenvalue weighted by Crippen LogP contribution is 2.66. The second kappa shape index (κ2) is 5.36. The Kier molecular flexibility index (Phi) is 3.66. The number of allylic oxidation sites excluding steroid dienone is 2. The first-order valence-corrected chi connectivity index (χ1v) is 9.78. The Morgan fingerprint density at radius 1 is 1.13 bits per heavy atom. The average molecular weight is 316 g/mol. The molecule has 6 atom stereocenters. The number of carbonyl (C=O) groups excluding carboxylic acids is 1. The molecule has 3 fully saturated rings. The Labute approximate surface area is 141 Å². The van der Waals surface area contributed by atoms with Crippen LogP contribution in [0.15, 0.2) is 11.6 Å². The summed E-state index contributed by atoms with van der Waals surface area (Å²) < 4.78 is 5.14. The van der Waals surface area contributed by atoms with E-state index in [0.29, 0.717) is 5.41 Å². The summed E-state index contributed by atoms with van der Waals surface area (Å²) in [7, 11) is 1.56. The third-order valence-corrected chi connectivity index (χ3v) is 8.50. The van der Waals surface area contributed by atoms with Crippen molar-refractivity contribution in [2.75, 3.05) is 7.11 Å². The molecule has 128 valence electrons. The number of carbonyl (C=O) groups is 1. The van der Waals surface area contributed by atoms with Crippen molar-refractivity contribution >= 4 is 5.97 Å². The number of hydrogen-bond acceptors (Lipinski definition) is 2. The van der Waals surface area contributed by atoms with Gasteiger partial charge in [-0.25, -0.2) is 0 Å². The number of esters is 1. The molecule has 0 aromatic carbocycles. The highest BCUT2D eigenvalue weighted by Gasteiger charge is 2.59. The number of fused-ring (bicyclic) bond motifs is 5. The van der Waals surface area contributed by atoms with Crippen molar-refractivity contribution in [3.05, 3.63) is 11.6 Å². The Balaban J connectivity index is 1.65. The van der Waals surface area contributed by atoms with E-state index >= 15 is 0 Å². The van der Waals surface area contributed by atoms with Crippen LogP contribution in [0.1, 0.15) is 71.6 Å². The molecule has 0 unspecified atom stereocenters. The lowest BCUT2D eigenvalue weighted by atomic mass is 9.47. The summed E-state index contributed by atoms with van der Waals surface area (Å²) in [5.41, 5.74) is 2.42. The van der Waals surface area contributed by atoms with Gasteiger partial charge in [0.1, 0.15) is 0 Å². The van der Waals surface area contributed by atoms with Gasteiger partial charge in [-0.3, -0.25) is 4.79 Å². The maximum Gasteiger partial charge on any atom is 0.309 e. The number of methoxy groups -OCH3 is 1. The van der Waals surface area contributed by atoms with Crippen molar-refractivity contribution in [3.63, 3.8) is 0 Å². The summed E-state index contributed by atoms with van der Waals surface area (Å²) in [6, 6.07) is 0. The summed E-state index contributed by atoms with van der Waals surface area (Å²) >= 11 is 0. The minimum atomic E-state index is 0.0457. The number of rotatable bonds is 1. The lowest BCUT2D eigenvalue weighted by molar-refractivity contribution is -0.152. The molecular weight excluding hydrogens is 284 g/mol. The molecule has 0 heterocycles. The molecule has 0 aliphatic heterocycles. The Morgan fingerprint density at radius 2 is 1.96 bits per heavy atom. The molecular formula is C21H32O2. The molecule has 0 amide bonds. The zero-order valence-electron chi connectivity index (χ0n) is 15.1. The fourth-order valence-corrected chi connectivity index (χ4v) is 7.23. The molecule has 0 aromatic rings. The van der Waals surface area contributed by atoms with Crippen LogP contribution in [0.5, 0.6) is 0 Å². The molecule has 3 saturated carbocycles. The zero-order valence-corrected chi connectivity index (χ0v) is 15.1. The first kappa shape index (κ1) is 15.7. The van der Waals surface area contributed by atoms with Crippen LogP contribution in [0.25, 0.3) is 0 Å². The van der Waals surface area contributed by atoms with Gasteiger partial charge < -0.3 is 4.74 Å². The molecule has 0 spiro atoms. The third kappa shape index (κ3) is 2.09. The second-order valence-corrected chi connectivity index (χ2v) is 9.16. The standard InChI is InChI=1S/C21H32O2/c1-20-12-5-4-6-14(20)7-8-15-16-9-10-18(19(22)23-3)21(16,2)13-11-17(15)20/h7,15-18H,4-6,8-13H2,1-3H3/t15-,16-,17-,18+,20-,21-/m0/s1. The van der Waals surface area contributed by atoms with Gasteiger partial charge in [-0.15, -0.1) is 0 Å². The molecule has 0 radical (unpaired) electrons. The molecule has 2 nitrogen and oxygen atoms in total. The van der Waals surface area contributed by atoms with Crippen LogP contribution in [-0.4, -0.2) is 13.1 Å². The summed E-state index contributed by atoms with van der Waals surface area (Å²) in [5.74, 6) is 2.57. The lowest BCUT2D eigenvalue weighted by Crippen LogP contribution is -2.50. The highest BCUT2D eigenvalue weighted by atomic mass is 16.5. The smallest absolute Gasteiger partial charge is 0.309 e. The molecule has 0 aromatic heterocycles. The summed E-state index contributed by atoms with van der Waals surface area (Å²) in [6.45, 7) is 4.95. The Bertz CT molecular complexity index is 536. The van der Waals surface area contributed by atoms with Crippen LogP contribution in [0, 0.1) is 34.5 Å². The summed E-state index contributed by atoms with van der Waals surface area (Å²) in [4.78, 5) is 12.3. The predicted octanol–water partition coefficient (Wildman–Crippen LogP) is 5.13. The van der Waals surface area contributed by atoms with Crippen molar-refractivity contribution in [1.29, 1.82) is 0 Å². The minimum Gasteiger partial charge on any atom is -0.469 e. The predicted molar refractivity (Wildman–Crippen MR) is 91.8 cm³/mol. The van der Waals surface area contributed by atoms with Crippen LogP contribution < -0.4 is 0 Å². The van der Waals surface area contributed by atoms with E-state index in [-0.39, 0.29) is 17.3 Å². The van der Waals surface area contributed by atoms with Gasteiger partial charge in [-0.1, -0.05) is 31.9 Å². The first-order chi connectivity index (χ1) is 11.0. The second-order valence-electron chi connectivity index (χ2n) is 9.16. The van der Waals surface area contributed by atoms with E-state index in [1.54, 1.807) is 12.7 Å². The molecule has 0 N–H and O–H groups in total. The quantitative estimate of drug-likeness (QED) is 0.495. The van der Waals surface area contributed by atoms with Gasteiger partial charge in [0.2, 0.25) is 0 Å². The fraction of sp³-hybridized carbons (Fsp3) is 0.857. The molecule has 0 saturated heterocycles. The molecule has 4 aliphatic carbocycles. The van der Waals surface area contributed by atoms with Crippen molar-refractivity contribution in [1.82, 2.24) is 0 Å².